The van der Waals surface area contributed by atoms with Crippen molar-refractivity contribution in [3.8, 4) is 11.6 Å². The van der Waals surface area contributed by atoms with Crippen molar-refractivity contribution in [3.05, 3.63) is 42.6 Å². The van der Waals surface area contributed by atoms with Crippen LogP contribution in [-0.4, -0.2) is 29.7 Å². The van der Waals surface area contributed by atoms with Gasteiger partial charge in [-0.2, -0.15) is 4.98 Å². The molecule has 0 atom stereocenters. The van der Waals surface area contributed by atoms with Crippen LogP contribution >= 0.6 is 0 Å². The first-order valence-corrected chi connectivity index (χ1v) is 6.76. The molecular formula is C15H19N3O2. The van der Waals surface area contributed by atoms with E-state index in [1.807, 2.05) is 30.3 Å². The fourth-order valence-corrected chi connectivity index (χ4v) is 1.57. The zero-order chi connectivity index (χ0) is 14.0. The van der Waals surface area contributed by atoms with Crippen molar-refractivity contribution in [2.45, 2.75) is 13.3 Å². The van der Waals surface area contributed by atoms with Crippen molar-refractivity contribution in [1.82, 2.24) is 9.97 Å². The molecule has 106 valence electrons. The summed E-state index contributed by atoms with van der Waals surface area (Å²) < 4.78 is 11.1. The number of hydrogen-bond acceptors (Lipinski definition) is 5. The lowest BCUT2D eigenvalue weighted by Gasteiger charge is -2.08. The van der Waals surface area contributed by atoms with Crippen LogP contribution < -0.4 is 14.8 Å². The Bertz CT molecular complexity index is 505. The van der Waals surface area contributed by atoms with Gasteiger partial charge in [0.15, 0.2) is 0 Å². The van der Waals surface area contributed by atoms with Crippen molar-refractivity contribution in [1.29, 1.82) is 0 Å². The standard InChI is InChI=1S/C15H19N3O2/c1-2-9-16-15-17-10-8-14(18-15)20-12-11-19-13-6-4-3-5-7-13/h3-8,10H,2,9,11-12H2,1H3,(H,16,17,18). The number of aromatic nitrogens is 2. The minimum absolute atomic E-state index is 0.444. The third-order valence-electron chi connectivity index (χ3n) is 2.51. The lowest BCUT2D eigenvalue weighted by molar-refractivity contribution is 0.212. The molecule has 0 unspecified atom stereocenters. The molecule has 5 heteroatoms. The molecule has 2 rings (SSSR count). The number of para-hydroxylation sites is 1. The Morgan fingerprint density at radius 3 is 2.65 bits per heavy atom. The fourth-order valence-electron chi connectivity index (χ4n) is 1.57. The second-order valence-corrected chi connectivity index (χ2v) is 4.16. The molecule has 5 nitrogen and oxygen atoms in total. The summed E-state index contributed by atoms with van der Waals surface area (Å²) in [5.74, 6) is 1.98. The first-order valence-electron chi connectivity index (χ1n) is 6.76. The molecule has 0 saturated heterocycles. The highest BCUT2D eigenvalue weighted by atomic mass is 16.5. The second kappa shape index (κ2) is 7.99. The van der Waals surface area contributed by atoms with Crippen LogP contribution in [-0.2, 0) is 0 Å². The maximum Gasteiger partial charge on any atom is 0.225 e. The minimum atomic E-state index is 0.444. The van der Waals surface area contributed by atoms with Gasteiger partial charge in [0.1, 0.15) is 19.0 Å². The first kappa shape index (κ1) is 14.1. The highest BCUT2D eigenvalue weighted by Gasteiger charge is 1.99. The molecule has 0 saturated carbocycles. The highest BCUT2D eigenvalue weighted by molar-refractivity contribution is 5.27. The van der Waals surface area contributed by atoms with Crippen LogP contribution in [0.5, 0.6) is 11.6 Å². The molecule has 0 aliphatic heterocycles. The largest absolute Gasteiger partial charge is 0.490 e. The molecule has 2 aromatic rings. The van der Waals surface area contributed by atoms with Crippen LogP contribution in [0.1, 0.15) is 13.3 Å². The maximum atomic E-state index is 5.54. The molecule has 0 aliphatic rings. The zero-order valence-electron chi connectivity index (χ0n) is 11.6. The van der Waals surface area contributed by atoms with Gasteiger partial charge in [-0.3, -0.25) is 0 Å². The molecule has 1 aromatic heterocycles. The number of hydrogen-bond donors (Lipinski definition) is 1. The van der Waals surface area contributed by atoms with E-state index in [0.717, 1.165) is 18.7 Å². The molecule has 0 radical (unpaired) electrons. The Hall–Kier alpha value is -2.30. The molecule has 0 spiro atoms. The van der Waals surface area contributed by atoms with E-state index in [0.29, 0.717) is 25.0 Å². The Balaban J connectivity index is 1.73. The summed E-state index contributed by atoms with van der Waals surface area (Å²) in [6, 6.07) is 11.4. The number of nitrogens with one attached hydrogen (secondary N) is 1. The lowest BCUT2D eigenvalue weighted by Crippen LogP contribution is -2.11. The number of nitrogens with zero attached hydrogens (tertiary/aromatic N) is 2. The van der Waals surface area contributed by atoms with Crippen LogP contribution in [0.25, 0.3) is 0 Å². The van der Waals surface area contributed by atoms with Crippen molar-refractivity contribution < 1.29 is 9.47 Å². The zero-order valence-corrected chi connectivity index (χ0v) is 11.6. The quantitative estimate of drug-likeness (QED) is 0.749. The van der Waals surface area contributed by atoms with Gasteiger partial charge in [0.25, 0.3) is 0 Å². The summed E-state index contributed by atoms with van der Waals surface area (Å²) in [6.07, 6.45) is 2.71. The van der Waals surface area contributed by atoms with E-state index < -0.39 is 0 Å². The van der Waals surface area contributed by atoms with Gasteiger partial charge in [-0.05, 0) is 18.6 Å². The maximum absolute atomic E-state index is 5.54. The molecular weight excluding hydrogens is 254 g/mol. The fraction of sp³-hybridized carbons (Fsp3) is 0.333. The Kier molecular flexibility index (Phi) is 5.64. The molecule has 20 heavy (non-hydrogen) atoms. The summed E-state index contributed by atoms with van der Waals surface area (Å²) in [5.41, 5.74) is 0. The van der Waals surface area contributed by atoms with Gasteiger partial charge in [0.2, 0.25) is 11.8 Å². The topological polar surface area (TPSA) is 56.3 Å². The van der Waals surface area contributed by atoms with Gasteiger partial charge in [0, 0.05) is 18.8 Å². The average Bonchev–Trinajstić information content (AvgIpc) is 2.51. The summed E-state index contributed by atoms with van der Waals surface area (Å²) in [7, 11) is 0. The van der Waals surface area contributed by atoms with Gasteiger partial charge in [-0.15, -0.1) is 0 Å². The van der Waals surface area contributed by atoms with Crippen LogP contribution in [0.3, 0.4) is 0 Å². The molecule has 1 aromatic carbocycles. The van der Waals surface area contributed by atoms with E-state index in [9.17, 15) is 0 Å². The monoisotopic (exact) mass is 273 g/mol. The third-order valence-corrected chi connectivity index (χ3v) is 2.51. The van der Waals surface area contributed by atoms with Gasteiger partial charge >= 0.3 is 0 Å². The Morgan fingerprint density at radius 1 is 1.05 bits per heavy atom. The van der Waals surface area contributed by atoms with E-state index in [2.05, 4.69) is 22.2 Å². The second-order valence-electron chi connectivity index (χ2n) is 4.16. The molecule has 0 aliphatic carbocycles. The number of benzene rings is 1. The van der Waals surface area contributed by atoms with E-state index in [4.69, 9.17) is 9.47 Å². The van der Waals surface area contributed by atoms with Gasteiger partial charge in [-0.1, -0.05) is 25.1 Å². The summed E-state index contributed by atoms with van der Waals surface area (Å²) >= 11 is 0. The Morgan fingerprint density at radius 2 is 1.85 bits per heavy atom. The third kappa shape index (κ3) is 4.76. The average molecular weight is 273 g/mol. The van der Waals surface area contributed by atoms with Crippen molar-refractivity contribution in [3.63, 3.8) is 0 Å². The molecule has 1 heterocycles. The molecule has 1 N–H and O–H groups in total. The number of anilines is 1. The number of rotatable bonds is 8. The summed E-state index contributed by atoms with van der Waals surface area (Å²) in [5, 5.41) is 3.12. The SMILES string of the molecule is CCCNc1nccc(OCCOc2ccccc2)n1. The molecule has 0 fully saturated rings. The van der Waals surface area contributed by atoms with Crippen LogP contribution in [0.4, 0.5) is 5.95 Å². The van der Waals surface area contributed by atoms with Gasteiger partial charge in [-0.25, -0.2) is 4.98 Å². The summed E-state index contributed by atoms with van der Waals surface area (Å²) in [4.78, 5) is 8.37. The van der Waals surface area contributed by atoms with Gasteiger partial charge in [0.05, 0.1) is 0 Å². The van der Waals surface area contributed by atoms with Crippen molar-refractivity contribution in [2.75, 3.05) is 25.1 Å². The molecule has 0 bridgehead atoms. The van der Waals surface area contributed by atoms with Crippen LogP contribution in [0.2, 0.25) is 0 Å². The van der Waals surface area contributed by atoms with E-state index in [1.54, 1.807) is 12.3 Å². The van der Waals surface area contributed by atoms with Crippen molar-refractivity contribution in [2.24, 2.45) is 0 Å². The van der Waals surface area contributed by atoms with Crippen LogP contribution in [0, 0.1) is 0 Å². The normalized spacial score (nSPS) is 10.1. The smallest absolute Gasteiger partial charge is 0.225 e. The van der Waals surface area contributed by atoms with Gasteiger partial charge < -0.3 is 14.8 Å². The van der Waals surface area contributed by atoms with E-state index in [-0.39, 0.29) is 0 Å². The lowest BCUT2D eigenvalue weighted by atomic mass is 10.3. The molecule has 0 amide bonds. The van der Waals surface area contributed by atoms with E-state index >= 15 is 0 Å². The first-order chi connectivity index (χ1) is 9.88. The summed E-state index contributed by atoms with van der Waals surface area (Å²) in [6.45, 7) is 3.86. The van der Waals surface area contributed by atoms with Crippen molar-refractivity contribution >= 4 is 5.95 Å². The minimum Gasteiger partial charge on any atom is -0.490 e. The highest BCUT2D eigenvalue weighted by Crippen LogP contribution is 2.10. The predicted molar refractivity (Wildman–Crippen MR) is 78.2 cm³/mol. The van der Waals surface area contributed by atoms with E-state index in [1.165, 1.54) is 0 Å². The number of ether oxygens (including phenoxy) is 2. The van der Waals surface area contributed by atoms with Crippen LogP contribution in [0.15, 0.2) is 42.6 Å². The Labute approximate surface area is 119 Å². The predicted octanol–water partition coefficient (Wildman–Crippen LogP) is 2.76.